The summed E-state index contributed by atoms with van der Waals surface area (Å²) in [6.45, 7) is 1.77. The fourth-order valence-corrected chi connectivity index (χ4v) is 1.18. The summed E-state index contributed by atoms with van der Waals surface area (Å²) in [5, 5.41) is 8.60. The van der Waals surface area contributed by atoms with Gasteiger partial charge < -0.3 is 14.3 Å². The van der Waals surface area contributed by atoms with Crippen LogP contribution in [-0.2, 0) is 14.3 Å². The molecule has 82 valence electrons. The third-order valence-corrected chi connectivity index (χ3v) is 1.49. The molecule has 0 amide bonds. The molecular formula is C9H18NO4+. The topological polar surface area (TPSA) is 63.6 Å². The molecule has 0 aliphatic carbocycles. The number of quaternary nitrogens is 1. The van der Waals surface area contributed by atoms with Gasteiger partial charge in [0.25, 0.3) is 0 Å². The first-order valence-corrected chi connectivity index (χ1v) is 4.40. The van der Waals surface area contributed by atoms with Gasteiger partial charge in [-0.15, -0.1) is 0 Å². The van der Waals surface area contributed by atoms with Gasteiger partial charge in [0.1, 0.15) is 6.54 Å². The molecule has 0 spiro atoms. The molecular weight excluding hydrogens is 185 g/mol. The standard InChI is InChI=1S/C9H17NO4/c1-7(11)14-8(5-9(12)13)6-10(2,3)4/h8H,5-6H2,1-4H3/p+1/t8-/m1/s1/i1-1. The number of likely N-dealkylation sites (N-methyl/N-ethyl adjacent to an activating group) is 1. The smallest absolute Gasteiger partial charge is 0.307 e. The maximum Gasteiger partial charge on any atom is 0.307 e. The van der Waals surface area contributed by atoms with Crippen molar-refractivity contribution < 1.29 is 23.9 Å². The van der Waals surface area contributed by atoms with E-state index in [-0.39, 0.29) is 6.42 Å². The van der Waals surface area contributed by atoms with Crippen molar-refractivity contribution in [1.82, 2.24) is 0 Å². The highest BCUT2D eigenvalue weighted by Crippen LogP contribution is 2.04. The van der Waals surface area contributed by atoms with Gasteiger partial charge in [0, 0.05) is 6.92 Å². The molecule has 0 aromatic heterocycles. The van der Waals surface area contributed by atoms with Crippen molar-refractivity contribution in [2.24, 2.45) is 0 Å². The number of rotatable bonds is 5. The number of hydrogen-bond acceptors (Lipinski definition) is 3. The summed E-state index contributed by atoms with van der Waals surface area (Å²) < 4.78 is 5.46. The van der Waals surface area contributed by atoms with Crippen molar-refractivity contribution >= 4 is 11.9 Å². The van der Waals surface area contributed by atoms with Gasteiger partial charge in [-0.05, 0) is 0 Å². The Labute approximate surface area is 83.9 Å². The van der Waals surface area contributed by atoms with Crippen LogP contribution in [0.3, 0.4) is 0 Å². The van der Waals surface area contributed by atoms with Gasteiger partial charge in [0.05, 0.1) is 27.6 Å². The average molecular weight is 203 g/mol. The lowest BCUT2D eigenvalue weighted by Crippen LogP contribution is -2.43. The summed E-state index contributed by atoms with van der Waals surface area (Å²) in [6, 6.07) is 0. The lowest BCUT2D eigenvalue weighted by atomic mass is 10.2. The summed E-state index contributed by atoms with van der Waals surface area (Å²) in [7, 11) is 5.75. The molecule has 0 bridgehead atoms. The fraction of sp³-hybridized carbons (Fsp3) is 0.778. The second kappa shape index (κ2) is 4.95. The molecule has 0 aromatic rings. The zero-order valence-electron chi connectivity index (χ0n) is 9.11. The first kappa shape index (κ1) is 12.9. The minimum atomic E-state index is -0.954. The number of carbonyl (C=O) groups excluding carboxylic acids is 1. The maximum atomic E-state index is 10.7. The van der Waals surface area contributed by atoms with E-state index in [9.17, 15) is 9.59 Å². The van der Waals surface area contributed by atoms with Crippen molar-refractivity contribution in [3.05, 3.63) is 0 Å². The summed E-state index contributed by atoms with van der Waals surface area (Å²) in [5.74, 6) is -1.39. The summed E-state index contributed by atoms with van der Waals surface area (Å²) >= 11 is 0. The number of carboxylic acid groups (broad SMARTS) is 1. The zero-order valence-corrected chi connectivity index (χ0v) is 9.11. The highest BCUT2D eigenvalue weighted by atomic mass is 16.5. The van der Waals surface area contributed by atoms with Gasteiger partial charge in [0.2, 0.25) is 0 Å². The first-order chi connectivity index (χ1) is 6.20. The van der Waals surface area contributed by atoms with E-state index in [2.05, 4.69) is 0 Å². The van der Waals surface area contributed by atoms with Crippen LogP contribution in [0.15, 0.2) is 0 Å². The summed E-state index contributed by atoms with van der Waals surface area (Å²) in [4.78, 5) is 21.2. The molecule has 0 aliphatic heterocycles. The molecule has 0 saturated heterocycles. The van der Waals surface area contributed by atoms with Crippen LogP contribution in [0.1, 0.15) is 13.3 Å². The quantitative estimate of drug-likeness (QED) is 0.508. The Kier molecular flexibility index (Phi) is 4.56. The van der Waals surface area contributed by atoms with Crippen molar-refractivity contribution in [1.29, 1.82) is 0 Å². The van der Waals surface area contributed by atoms with Crippen LogP contribution >= 0.6 is 0 Å². The highest BCUT2D eigenvalue weighted by Gasteiger charge is 2.23. The maximum absolute atomic E-state index is 10.7. The molecule has 0 radical (unpaired) electrons. The Morgan fingerprint density at radius 3 is 2.14 bits per heavy atom. The molecule has 5 nitrogen and oxygen atoms in total. The van der Waals surface area contributed by atoms with Crippen LogP contribution in [-0.4, -0.2) is 55.3 Å². The third-order valence-electron chi connectivity index (χ3n) is 1.49. The number of aliphatic carboxylic acids is 1. The van der Waals surface area contributed by atoms with E-state index in [0.29, 0.717) is 11.0 Å². The average Bonchev–Trinajstić information content (AvgIpc) is 1.77. The van der Waals surface area contributed by atoms with Crippen molar-refractivity contribution in [2.75, 3.05) is 27.7 Å². The number of hydrogen-bond donors (Lipinski definition) is 1. The Balaban J connectivity index is 4.24. The van der Waals surface area contributed by atoms with E-state index >= 15 is 0 Å². The Morgan fingerprint density at radius 2 is 1.86 bits per heavy atom. The Hall–Kier alpha value is -1.10. The van der Waals surface area contributed by atoms with Gasteiger partial charge in [-0.3, -0.25) is 9.59 Å². The number of carboxylic acids is 1. The van der Waals surface area contributed by atoms with E-state index in [1.165, 1.54) is 6.92 Å². The van der Waals surface area contributed by atoms with Gasteiger partial charge in [0.15, 0.2) is 6.10 Å². The number of ether oxygens (including phenoxy) is 1. The molecule has 0 aliphatic rings. The number of esters is 1. The van der Waals surface area contributed by atoms with E-state index < -0.39 is 18.0 Å². The van der Waals surface area contributed by atoms with E-state index in [1.807, 2.05) is 21.1 Å². The largest absolute Gasteiger partial charge is 0.481 e. The van der Waals surface area contributed by atoms with Crippen molar-refractivity contribution in [3.8, 4) is 0 Å². The lowest BCUT2D eigenvalue weighted by Gasteiger charge is -2.28. The summed E-state index contributed by atoms with van der Waals surface area (Å²) in [5.41, 5.74) is 0. The first-order valence-electron chi connectivity index (χ1n) is 4.40. The number of nitrogens with zero attached hydrogens (tertiary/aromatic N) is 1. The van der Waals surface area contributed by atoms with Crippen LogP contribution in [0.4, 0.5) is 0 Å². The molecule has 1 atom stereocenters. The minimum absolute atomic E-state index is 0.144. The molecule has 1 N–H and O–H groups in total. The summed E-state index contributed by atoms with van der Waals surface area (Å²) in [6.07, 6.45) is -0.695. The van der Waals surface area contributed by atoms with E-state index in [1.54, 1.807) is 0 Å². The van der Waals surface area contributed by atoms with E-state index in [0.717, 1.165) is 0 Å². The van der Waals surface area contributed by atoms with Crippen LogP contribution in [0.5, 0.6) is 0 Å². The van der Waals surface area contributed by atoms with Crippen LogP contribution in [0.2, 0.25) is 0 Å². The fourth-order valence-electron chi connectivity index (χ4n) is 1.18. The lowest BCUT2D eigenvalue weighted by molar-refractivity contribution is -0.873. The molecule has 0 saturated carbocycles. The van der Waals surface area contributed by atoms with Crippen LogP contribution in [0.25, 0.3) is 0 Å². The molecule has 14 heavy (non-hydrogen) atoms. The minimum Gasteiger partial charge on any atom is -0.481 e. The van der Waals surface area contributed by atoms with Gasteiger partial charge in [-0.25, -0.2) is 0 Å². The number of carbonyl (C=O) groups is 2. The van der Waals surface area contributed by atoms with E-state index in [4.69, 9.17) is 9.84 Å². The molecule has 0 rings (SSSR count). The van der Waals surface area contributed by atoms with Crippen molar-refractivity contribution in [2.45, 2.75) is 19.4 Å². The monoisotopic (exact) mass is 203 g/mol. The predicted octanol–water partition coefficient (Wildman–Crippen LogP) is 0.0990. The third kappa shape index (κ3) is 7.54. The van der Waals surface area contributed by atoms with Crippen LogP contribution < -0.4 is 0 Å². The van der Waals surface area contributed by atoms with Gasteiger partial charge >= 0.3 is 11.9 Å². The molecule has 0 heterocycles. The molecule has 0 aromatic carbocycles. The van der Waals surface area contributed by atoms with Gasteiger partial charge in [-0.2, -0.15) is 0 Å². The molecule has 0 unspecified atom stereocenters. The SMILES string of the molecule is C[N+](C)(C)C[C@@H](CC(=O)O)OC([11CH3])=O. The molecule has 0 fully saturated rings. The Morgan fingerprint density at radius 1 is 1.36 bits per heavy atom. The second-order valence-electron chi connectivity index (χ2n) is 4.30. The Bertz CT molecular complexity index is 203. The van der Waals surface area contributed by atoms with Crippen molar-refractivity contribution in [3.63, 3.8) is 0 Å². The molecule has 5 heteroatoms. The highest BCUT2D eigenvalue weighted by molar-refractivity contribution is 5.69. The van der Waals surface area contributed by atoms with Crippen LogP contribution in [0, 0.1) is 0 Å². The second-order valence-corrected chi connectivity index (χ2v) is 4.30. The van der Waals surface area contributed by atoms with Gasteiger partial charge in [-0.1, -0.05) is 0 Å². The zero-order chi connectivity index (χ0) is 11.4. The predicted molar refractivity (Wildman–Crippen MR) is 50.7 cm³/mol. The normalized spacial score (nSPS) is 13.4.